The molecule has 14 heavy (non-hydrogen) atoms. The van der Waals surface area contributed by atoms with Gasteiger partial charge in [-0.05, 0) is 17.0 Å². The molecule has 3 nitrogen and oxygen atoms in total. The van der Waals surface area contributed by atoms with Gasteiger partial charge in [-0.15, -0.1) is 5.10 Å². The van der Waals surface area contributed by atoms with Crippen LogP contribution in [0.5, 0.6) is 0 Å². The van der Waals surface area contributed by atoms with E-state index in [1.807, 2.05) is 17.8 Å². The fraction of sp³-hybridized carbons (Fsp3) is 0.455. The van der Waals surface area contributed by atoms with Crippen LogP contribution in [0.3, 0.4) is 0 Å². The van der Waals surface area contributed by atoms with E-state index in [0.717, 1.165) is 11.0 Å². The molecule has 0 unspecified atom stereocenters. The van der Waals surface area contributed by atoms with E-state index in [2.05, 4.69) is 43.2 Å². The van der Waals surface area contributed by atoms with Gasteiger partial charge in [-0.2, -0.15) is 0 Å². The van der Waals surface area contributed by atoms with Crippen molar-refractivity contribution in [2.75, 3.05) is 0 Å². The molecular formula is C11H15N3. The highest BCUT2D eigenvalue weighted by molar-refractivity contribution is 5.79. The fourth-order valence-corrected chi connectivity index (χ4v) is 1.66. The maximum absolute atomic E-state index is 4.20. The maximum Gasteiger partial charge on any atom is 0.116 e. The molecule has 0 aliphatic rings. The third-order valence-electron chi connectivity index (χ3n) is 2.45. The lowest BCUT2D eigenvalue weighted by molar-refractivity contribution is 0.594. The Morgan fingerprint density at radius 1 is 1.21 bits per heavy atom. The Bertz CT molecular complexity index is 463. The topological polar surface area (TPSA) is 30.7 Å². The standard InChI is InChI=1S/C11H15N3/c1-11(2,3)8-6-5-7-9-10(8)12-13-14(9)4/h5-7H,1-4H3. The van der Waals surface area contributed by atoms with Gasteiger partial charge in [0.25, 0.3) is 0 Å². The molecule has 0 fully saturated rings. The van der Waals surface area contributed by atoms with Gasteiger partial charge in [-0.3, -0.25) is 0 Å². The van der Waals surface area contributed by atoms with Crippen molar-refractivity contribution in [2.45, 2.75) is 26.2 Å². The molecule has 0 aliphatic heterocycles. The Hall–Kier alpha value is -1.38. The summed E-state index contributed by atoms with van der Waals surface area (Å²) in [6, 6.07) is 6.23. The van der Waals surface area contributed by atoms with Gasteiger partial charge in [0.2, 0.25) is 0 Å². The van der Waals surface area contributed by atoms with Gasteiger partial charge in [0.15, 0.2) is 0 Å². The van der Waals surface area contributed by atoms with Gasteiger partial charge in [0.05, 0.1) is 5.52 Å². The van der Waals surface area contributed by atoms with Crippen LogP contribution in [0.1, 0.15) is 26.3 Å². The van der Waals surface area contributed by atoms with E-state index in [-0.39, 0.29) is 5.41 Å². The minimum absolute atomic E-state index is 0.121. The van der Waals surface area contributed by atoms with E-state index in [4.69, 9.17) is 0 Å². The number of hydrogen-bond acceptors (Lipinski definition) is 2. The van der Waals surface area contributed by atoms with Gasteiger partial charge in [-0.25, -0.2) is 4.68 Å². The molecule has 0 N–H and O–H groups in total. The SMILES string of the molecule is Cn1nnc2c(C(C)(C)C)cccc21. The summed E-state index contributed by atoms with van der Waals surface area (Å²) in [7, 11) is 1.92. The van der Waals surface area contributed by atoms with E-state index in [1.54, 1.807) is 0 Å². The number of aromatic nitrogens is 3. The first-order chi connectivity index (χ1) is 6.50. The van der Waals surface area contributed by atoms with Crippen molar-refractivity contribution >= 4 is 11.0 Å². The Labute approximate surface area is 83.7 Å². The predicted octanol–water partition coefficient (Wildman–Crippen LogP) is 2.27. The van der Waals surface area contributed by atoms with Crippen LogP contribution < -0.4 is 0 Å². The van der Waals surface area contributed by atoms with Gasteiger partial charge < -0.3 is 0 Å². The first-order valence-electron chi connectivity index (χ1n) is 4.79. The lowest BCUT2D eigenvalue weighted by atomic mass is 9.86. The second-order valence-corrected chi connectivity index (χ2v) is 4.64. The molecule has 74 valence electrons. The zero-order valence-corrected chi connectivity index (χ0v) is 9.07. The van der Waals surface area contributed by atoms with E-state index in [0.29, 0.717) is 0 Å². The molecule has 0 atom stereocenters. The van der Waals surface area contributed by atoms with Crippen molar-refractivity contribution in [1.29, 1.82) is 0 Å². The molecule has 1 aromatic carbocycles. The van der Waals surface area contributed by atoms with Crippen LogP contribution in [0.4, 0.5) is 0 Å². The predicted molar refractivity (Wildman–Crippen MR) is 57.2 cm³/mol. The minimum Gasteiger partial charge on any atom is -0.248 e. The summed E-state index contributed by atoms with van der Waals surface area (Å²) in [6.45, 7) is 6.57. The second-order valence-electron chi connectivity index (χ2n) is 4.64. The summed E-state index contributed by atoms with van der Waals surface area (Å²) >= 11 is 0. The molecule has 3 heteroatoms. The summed E-state index contributed by atoms with van der Waals surface area (Å²) < 4.78 is 1.81. The third-order valence-corrected chi connectivity index (χ3v) is 2.45. The molecule has 0 spiro atoms. The van der Waals surface area contributed by atoms with Gasteiger partial charge >= 0.3 is 0 Å². The van der Waals surface area contributed by atoms with Gasteiger partial charge in [0.1, 0.15) is 5.52 Å². The van der Waals surface area contributed by atoms with Crippen LogP contribution in [0.15, 0.2) is 18.2 Å². The van der Waals surface area contributed by atoms with Crippen LogP contribution in [0.2, 0.25) is 0 Å². The number of hydrogen-bond donors (Lipinski definition) is 0. The van der Waals surface area contributed by atoms with Crippen LogP contribution in [0.25, 0.3) is 11.0 Å². The summed E-state index contributed by atoms with van der Waals surface area (Å²) in [4.78, 5) is 0. The molecule has 0 saturated carbocycles. The first-order valence-corrected chi connectivity index (χ1v) is 4.79. The highest BCUT2D eigenvalue weighted by Crippen LogP contribution is 2.27. The lowest BCUT2D eigenvalue weighted by Crippen LogP contribution is -2.11. The third kappa shape index (κ3) is 1.29. The van der Waals surface area contributed by atoms with Crippen LogP contribution in [0, 0.1) is 0 Å². The van der Waals surface area contributed by atoms with Crippen LogP contribution >= 0.6 is 0 Å². The van der Waals surface area contributed by atoms with E-state index in [9.17, 15) is 0 Å². The van der Waals surface area contributed by atoms with Gasteiger partial charge in [0, 0.05) is 7.05 Å². The maximum atomic E-state index is 4.20. The fourth-order valence-electron chi connectivity index (χ4n) is 1.66. The van der Waals surface area contributed by atoms with E-state index in [1.165, 1.54) is 5.56 Å². The van der Waals surface area contributed by atoms with Crippen molar-refractivity contribution in [3.05, 3.63) is 23.8 Å². The highest BCUT2D eigenvalue weighted by atomic mass is 15.4. The van der Waals surface area contributed by atoms with E-state index < -0.39 is 0 Å². The molecule has 1 aromatic heterocycles. The number of aryl methyl sites for hydroxylation is 1. The Morgan fingerprint density at radius 3 is 2.57 bits per heavy atom. The molecule has 2 rings (SSSR count). The summed E-state index contributed by atoms with van der Waals surface area (Å²) in [5.41, 5.74) is 3.48. The normalized spacial score (nSPS) is 12.3. The smallest absolute Gasteiger partial charge is 0.116 e. The first kappa shape index (κ1) is 9.19. The highest BCUT2D eigenvalue weighted by Gasteiger charge is 2.18. The second kappa shape index (κ2) is 2.80. The summed E-state index contributed by atoms with van der Waals surface area (Å²) in [5, 5.41) is 8.23. The Balaban J connectivity index is 2.79. The number of nitrogens with zero attached hydrogens (tertiary/aromatic N) is 3. The van der Waals surface area contributed by atoms with Crippen molar-refractivity contribution in [1.82, 2.24) is 15.0 Å². The van der Waals surface area contributed by atoms with Crippen molar-refractivity contribution in [3.63, 3.8) is 0 Å². The number of rotatable bonds is 0. The molecule has 0 aliphatic carbocycles. The van der Waals surface area contributed by atoms with E-state index >= 15 is 0 Å². The minimum atomic E-state index is 0.121. The molecule has 0 bridgehead atoms. The molecular weight excluding hydrogens is 174 g/mol. The Kier molecular flexibility index (Phi) is 1.84. The van der Waals surface area contributed by atoms with Crippen molar-refractivity contribution in [3.8, 4) is 0 Å². The number of fused-ring (bicyclic) bond motifs is 1. The van der Waals surface area contributed by atoms with Crippen LogP contribution in [-0.4, -0.2) is 15.0 Å². The van der Waals surface area contributed by atoms with Crippen LogP contribution in [-0.2, 0) is 12.5 Å². The van der Waals surface area contributed by atoms with Crippen molar-refractivity contribution < 1.29 is 0 Å². The molecule has 0 amide bonds. The average molecular weight is 189 g/mol. The molecule has 1 heterocycles. The molecule has 2 aromatic rings. The number of benzene rings is 1. The average Bonchev–Trinajstić information content (AvgIpc) is 2.46. The lowest BCUT2D eigenvalue weighted by Gasteiger charge is -2.18. The zero-order chi connectivity index (χ0) is 10.3. The summed E-state index contributed by atoms with van der Waals surface area (Å²) in [5.74, 6) is 0. The summed E-state index contributed by atoms with van der Waals surface area (Å²) in [6.07, 6.45) is 0. The monoisotopic (exact) mass is 189 g/mol. The van der Waals surface area contributed by atoms with Gasteiger partial charge in [-0.1, -0.05) is 38.1 Å². The van der Waals surface area contributed by atoms with Crippen molar-refractivity contribution in [2.24, 2.45) is 7.05 Å². The Morgan fingerprint density at radius 2 is 1.93 bits per heavy atom. The zero-order valence-electron chi connectivity index (χ0n) is 9.07. The largest absolute Gasteiger partial charge is 0.248 e. The molecule has 0 saturated heterocycles. The quantitative estimate of drug-likeness (QED) is 0.636. The molecule has 0 radical (unpaired) electrons.